The van der Waals surface area contributed by atoms with Gasteiger partial charge in [0.15, 0.2) is 0 Å². The predicted molar refractivity (Wildman–Crippen MR) is 78.4 cm³/mol. The molecule has 100 valence electrons. The van der Waals surface area contributed by atoms with E-state index >= 15 is 0 Å². The Labute approximate surface area is 118 Å². The average Bonchev–Trinajstić information content (AvgIpc) is 2.39. The molecule has 2 rings (SSSR count). The van der Waals surface area contributed by atoms with E-state index in [2.05, 4.69) is 35.0 Å². The van der Waals surface area contributed by atoms with Gasteiger partial charge in [-0.3, -0.25) is 0 Å². The highest BCUT2D eigenvalue weighted by Crippen LogP contribution is 2.46. The van der Waals surface area contributed by atoms with Gasteiger partial charge < -0.3 is 10.8 Å². The summed E-state index contributed by atoms with van der Waals surface area (Å²) in [6.07, 6.45) is 5.23. The summed E-state index contributed by atoms with van der Waals surface area (Å²) >= 11 is 3.57. The summed E-state index contributed by atoms with van der Waals surface area (Å²) in [4.78, 5) is 0. The van der Waals surface area contributed by atoms with E-state index < -0.39 is 6.10 Å². The Morgan fingerprint density at radius 2 is 2.00 bits per heavy atom. The highest BCUT2D eigenvalue weighted by atomic mass is 79.9. The molecule has 0 spiro atoms. The van der Waals surface area contributed by atoms with Gasteiger partial charge in [-0.1, -0.05) is 47.3 Å². The van der Waals surface area contributed by atoms with Gasteiger partial charge in [0, 0.05) is 16.4 Å². The molecule has 0 aliphatic heterocycles. The van der Waals surface area contributed by atoms with Gasteiger partial charge in [-0.25, -0.2) is 0 Å². The number of aryl methyl sites for hydroxylation is 1. The van der Waals surface area contributed by atoms with Crippen LogP contribution in [0.5, 0.6) is 0 Å². The summed E-state index contributed by atoms with van der Waals surface area (Å²) in [5.74, 6) is 0. The lowest BCUT2D eigenvalue weighted by Crippen LogP contribution is -2.38. The minimum absolute atomic E-state index is 0.129. The molecule has 1 aliphatic rings. The number of aliphatic hydroxyl groups is 1. The van der Waals surface area contributed by atoms with E-state index in [0.717, 1.165) is 22.9 Å². The first kappa shape index (κ1) is 14.0. The number of nitrogens with two attached hydrogens (primary N) is 1. The molecule has 0 amide bonds. The Bertz CT molecular complexity index is 413. The van der Waals surface area contributed by atoms with E-state index in [9.17, 15) is 5.11 Å². The van der Waals surface area contributed by atoms with Crippen LogP contribution in [0.1, 0.15) is 49.3 Å². The zero-order valence-corrected chi connectivity index (χ0v) is 12.5. The number of hydrogen-bond acceptors (Lipinski definition) is 2. The van der Waals surface area contributed by atoms with Crippen molar-refractivity contribution in [2.75, 3.05) is 6.54 Å². The number of aliphatic hydroxyl groups excluding tert-OH is 1. The molecule has 0 saturated heterocycles. The van der Waals surface area contributed by atoms with Gasteiger partial charge in [0.1, 0.15) is 0 Å². The Balaban J connectivity index is 2.30. The maximum atomic E-state index is 10.8. The number of hydrogen-bond donors (Lipinski definition) is 2. The Morgan fingerprint density at radius 3 is 2.56 bits per heavy atom. The molecule has 1 aromatic carbocycles. The Kier molecular flexibility index (Phi) is 4.46. The lowest BCUT2D eigenvalue weighted by atomic mass is 9.68. The molecule has 1 saturated carbocycles. The van der Waals surface area contributed by atoms with Crippen molar-refractivity contribution in [2.45, 2.75) is 45.1 Å². The molecule has 18 heavy (non-hydrogen) atoms. The van der Waals surface area contributed by atoms with Crippen LogP contribution in [0.25, 0.3) is 0 Å². The van der Waals surface area contributed by atoms with E-state index in [-0.39, 0.29) is 5.41 Å². The molecular formula is C15H22BrNO. The van der Waals surface area contributed by atoms with Gasteiger partial charge in [-0.05, 0) is 37.0 Å². The molecular weight excluding hydrogens is 290 g/mol. The lowest BCUT2D eigenvalue weighted by Gasteiger charge is -2.40. The summed E-state index contributed by atoms with van der Waals surface area (Å²) in [5, 5.41) is 10.8. The van der Waals surface area contributed by atoms with Crippen LogP contribution < -0.4 is 5.73 Å². The summed E-state index contributed by atoms with van der Waals surface area (Å²) < 4.78 is 0.994. The van der Waals surface area contributed by atoms with E-state index in [1.54, 1.807) is 0 Å². The van der Waals surface area contributed by atoms with E-state index in [1.165, 1.54) is 24.8 Å². The van der Waals surface area contributed by atoms with Crippen LogP contribution in [0.15, 0.2) is 22.7 Å². The highest BCUT2D eigenvalue weighted by Gasteiger charge is 2.39. The van der Waals surface area contributed by atoms with Crippen LogP contribution in [-0.4, -0.2) is 11.7 Å². The van der Waals surface area contributed by atoms with Crippen LogP contribution in [-0.2, 0) is 0 Å². The zero-order chi connectivity index (χ0) is 13.2. The zero-order valence-electron chi connectivity index (χ0n) is 11.0. The van der Waals surface area contributed by atoms with E-state index in [4.69, 9.17) is 5.73 Å². The van der Waals surface area contributed by atoms with Crippen molar-refractivity contribution in [3.05, 3.63) is 33.8 Å². The van der Waals surface area contributed by atoms with Gasteiger partial charge in [0.25, 0.3) is 0 Å². The van der Waals surface area contributed by atoms with Crippen LogP contribution in [0, 0.1) is 12.3 Å². The van der Waals surface area contributed by atoms with Crippen LogP contribution in [0.4, 0.5) is 0 Å². The maximum absolute atomic E-state index is 10.8. The molecule has 1 aromatic rings. The topological polar surface area (TPSA) is 46.2 Å². The van der Waals surface area contributed by atoms with Crippen LogP contribution in [0.2, 0.25) is 0 Å². The Morgan fingerprint density at radius 1 is 1.33 bits per heavy atom. The molecule has 3 N–H and O–H groups in total. The minimum atomic E-state index is -0.460. The SMILES string of the molecule is Cc1ccc(C(O)C2(CN)CCCCC2)c(Br)c1. The van der Waals surface area contributed by atoms with Gasteiger partial charge >= 0.3 is 0 Å². The molecule has 1 aliphatic carbocycles. The first-order valence-electron chi connectivity index (χ1n) is 6.73. The normalized spacial score (nSPS) is 20.7. The molecule has 0 heterocycles. The smallest absolute Gasteiger partial charge is 0.0869 e. The van der Waals surface area contributed by atoms with Crippen LogP contribution >= 0.6 is 15.9 Å². The molecule has 1 unspecified atom stereocenters. The van der Waals surface area contributed by atoms with Crippen molar-refractivity contribution >= 4 is 15.9 Å². The van der Waals surface area contributed by atoms with Gasteiger partial charge in [0.2, 0.25) is 0 Å². The van der Waals surface area contributed by atoms with E-state index in [0.29, 0.717) is 6.54 Å². The fourth-order valence-corrected chi connectivity index (χ4v) is 3.74. The quantitative estimate of drug-likeness (QED) is 0.894. The molecule has 1 fully saturated rings. The first-order valence-corrected chi connectivity index (χ1v) is 7.52. The van der Waals surface area contributed by atoms with Crippen molar-refractivity contribution in [3.63, 3.8) is 0 Å². The molecule has 3 heteroatoms. The number of benzene rings is 1. The fraction of sp³-hybridized carbons (Fsp3) is 0.600. The highest BCUT2D eigenvalue weighted by molar-refractivity contribution is 9.10. The summed E-state index contributed by atoms with van der Waals surface area (Å²) in [6.45, 7) is 2.62. The molecule has 1 atom stereocenters. The van der Waals surface area contributed by atoms with Crippen molar-refractivity contribution in [1.82, 2.24) is 0 Å². The fourth-order valence-electron chi connectivity index (χ4n) is 3.03. The largest absolute Gasteiger partial charge is 0.388 e. The lowest BCUT2D eigenvalue weighted by molar-refractivity contribution is 0.000226. The number of halogens is 1. The molecule has 0 bridgehead atoms. The Hall–Kier alpha value is -0.380. The second-order valence-electron chi connectivity index (χ2n) is 5.55. The van der Waals surface area contributed by atoms with Crippen LogP contribution in [0.3, 0.4) is 0 Å². The standard InChI is InChI=1S/C15H22BrNO/c1-11-5-6-12(13(16)9-11)14(18)15(10-17)7-3-2-4-8-15/h5-6,9,14,18H,2-4,7-8,10,17H2,1H3. The van der Waals surface area contributed by atoms with Gasteiger partial charge in [0.05, 0.1) is 6.10 Å². The molecule has 0 radical (unpaired) electrons. The van der Waals surface area contributed by atoms with E-state index in [1.807, 2.05) is 6.07 Å². The third-order valence-corrected chi connectivity index (χ3v) is 4.97. The monoisotopic (exact) mass is 311 g/mol. The summed E-state index contributed by atoms with van der Waals surface area (Å²) in [6, 6.07) is 6.14. The van der Waals surface area contributed by atoms with Gasteiger partial charge in [-0.15, -0.1) is 0 Å². The minimum Gasteiger partial charge on any atom is -0.388 e. The third-order valence-electron chi connectivity index (χ3n) is 4.29. The molecule has 2 nitrogen and oxygen atoms in total. The van der Waals surface area contributed by atoms with Crippen molar-refractivity contribution in [1.29, 1.82) is 0 Å². The van der Waals surface area contributed by atoms with Gasteiger partial charge in [-0.2, -0.15) is 0 Å². The second-order valence-corrected chi connectivity index (χ2v) is 6.41. The van der Waals surface area contributed by atoms with Crippen molar-refractivity contribution in [3.8, 4) is 0 Å². The maximum Gasteiger partial charge on any atom is 0.0869 e. The summed E-state index contributed by atoms with van der Waals surface area (Å²) in [5.41, 5.74) is 8.03. The van der Waals surface area contributed by atoms with Crippen molar-refractivity contribution < 1.29 is 5.11 Å². The third kappa shape index (κ3) is 2.63. The summed E-state index contributed by atoms with van der Waals surface area (Å²) in [7, 11) is 0. The molecule has 0 aromatic heterocycles. The van der Waals surface area contributed by atoms with Crippen molar-refractivity contribution in [2.24, 2.45) is 11.1 Å². The second kappa shape index (κ2) is 5.72. The average molecular weight is 312 g/mol. The predicted octanol–water partition coefficient (Wildman–Crippen LogP) is 3.70. The first-order chi connectivity index (χ1) is 8.59. The number of rotatable bonds is 3.